The van der Waals surface area contributed by atoms with Crippen molar-refractivity contribution in [1.29, 1.82) is 0 Å². The molecule has 2 rings (SSSR count). The minimum absolute atomic E-state index is 0.185. The van der Waals surface area contributed by atoms with Gasteiger partial charge >= 0.3 is 5.97 Å². The maximum absolute atomic E-state index is 10.9. The highest BCUT2D eigenvalue weighted by Crippen LogP contribution is 2.43. The van der Waals surface area contributed by atoms with Crippen molar-refractivity contribution >= 4 is 5.97 Å². The second-order valence-corrected chi connectivity index (χ2v) is 4.99. The zero-order valence-corrected chi connectivity index (χ0v) is 10.2. The topological polar surface area (TPSA) is 44.8 Å². The summed E-state index contributed by atoms with van der Waals surface area (Å²) in [4.78, 5) is 10.9. The van der Waals surface area contributed by atoms with Crippen LogP contribution < -0.4 is 0 Å². The van der Waals surface area contributed by atoms with Crippen LogP contribution in [-0.4, -0.2) is 30.1 Å². The number of carbonyl (C=O) groups excluding carboxylic acids is 1. The molecule has 2 aliphatic rings. The van der Waals surface area contributed by atoms with Gasteiger partial charge in [-0.25, -0.2) is 0 Å². The van der Waals surface area contributed by atoms with Gasteiger partial charge in [0.15, 0.2) is 5.79 Å². The molecule has 0 N–H and O–H groups in total. The van der Waals surface area contributed by atoms with E-state index in [4.69, 9.17) is 14.2 Å². The van der Waals surface area contributed by atoms with Crippen LogP contribution in [0, 0.1) is 0 Å². The first kappa shape index (κ1) is 11.6. The lowest BCUT2D eigenvalue weighted by atomic mass is 9.98. The van der Waals surface area contributed by atoms with Crippen molar-refractivity contribution in [3.05, 3.63) is 11.6 Å². The summed E-state index contributed by atoms with van der Waals surface area (Å²) in [5.41, 5.74) is 0.688. The molecule has 4 heteroatoms. The predicted molar refractivity (Wildman–Crippen MR) is 57.8 cm³/mol. The van der Waals surface area contributed by atoms with Gasteiger partial charge in [-0.2, -0.15) is 0 Å². The zero-order valence-electron chi connectivity index (χ0n) is 10.2. The summed E-state index contributed by atoms with van der Waals surface area (Å²) in [6.45, 7) is 7.74. The van der Waals surface area contributed by atoms with Gasteiger partial charge in [-0.1, -0.05) is 0 Å². The normalized spacial score (nSPS) is 36.5. The third kappa shape index (κ3) is 1.99. The van der Waals surface area contributed by atoms with Gasteiger partial charge in [0.25, 0.3) is 0 Å². The van der Waals surface area contributed by atoms with Crippen molar-refractivity contribution < 1.29 is 19.0 Å². The largest absolute Gasteiger partial charge is 0.458 e. The average molecular weight is 226 g/mol. The highest BCUT2D eigenvalue weighted by molar-refractivity contribution is 5.66. The lowest BCUT2D eigenvalue weighted by Gasteiger charge is -2.26. The molecule has 0 unspecified atom stereocenters. The number of ether oxygens (including phenoxy) is 3. The molecule has 0 aromatic rings. The summed E-state index contributed by atoms with van der Waals surface area (Å²) in [6, 6.07) is 0. The average Bonchev–Trinajstić information content (AvgIpc) is 2.54. The molecule has 0 aromatic carbocycles. The van der Waals surface area contributed by atoms with E-state index in [1.54, 1.807) is 0 Å². The lowest BCUT2D eigenvalue weighted by Crippen LogP contribution is -2.35. The fourth-order valence-electron chi connectivity index (χ4n) is 2.38. The van der Waals surface area contributed by atoms with Gasteiger partial charge in [0.05, 0.1) is 6.61 Å². The number of esters is 1. The first-order valence-corrected chi connectivity index (χ1v) is 5.53. The summed E-state index contributed by atoms with van der Waals surface area (Å²) in [5, 5.41) is 0. The van der Waals surface area contributed by atoms with E-state index >= 15 is 0 Å². The van der Waals surface area contributed by atoms with E-state index in [-0.39, 0.29) is 12.1 Å². The first-order valence-electron chi connectivity index (χ1n) is 5.53. The second kappa shape index (κ2) is 3.57. The Kier molecular flexibility index (Phi) is 2.59. The monoisotopic (exact) mass is 226 g/mol. The Hall–Kier alpha value is -0.870. The molecule has 0 saturated carbocycles. The molecule has 1 spiro atoms. The Morgan fingerprint density at radius 3 is 2.75 bits per heavy atom. The van der Waals surface area contributed by atoms with Gasteiger partial charge < -0.3 is 14.2 Å². The molecule has 1 aliphatic heterocycles. The van der Waals surface area contributed by atoms with Crippen molar-refractivity contribution in [3.63, 3.8) is 0 Å². The predicted octanol–water partition coefficient (Wildman–Crippen LogP) is 1.79. The van der Waals surface area contributed by atoms with Crippen LogP contribution in [0.1, 0.15) is 34.1 Å². The van der Waals surface area contributed by atoms with E-state index in [2.05, 4.69) is 0 Å². The van der Waals surface area contributed by atoms with Crippen LogP contribution in [0.3, 0.4) is 0 Å². The molecule has 0 aromatic heterocycles. The van der Waals surface area contributed by atoms with Crippen molar-refractivity contribution in [2.24, 2.45) is 0 Å². The first-order chi connectivity index (χ1) is 7.33. The SMILES string of the molecule is CC(=O)O[C@H]1C=C(C)[C@@]2(COC(C)(C)O2)C1. The molecular weight excluding hydrogens is 208 g/mol. The minimum Gasteiger partial charge on any atom is -0.458 e. The molecule has 0 radical (unpaired) electrons. The van der Waals surface area contributed by atoms with Crippen molar-refractivity contribution in [2.75, 3.05) is 6.61 Å². The fourth-order valence-corrected chi connectivity index (χ4v) is 2.38. The molecule has 0 bridgehead atoms. The van der Waals surface area contributed by atoms with E-state index in [1.807, 2.05) is 26.8 Å². The van der Waals surface area contributed by atoms with Crippen LogP contribution in [-0.2, 0) is 19.0 Å². The summed E-state index contributed by atoms with van der Waals surface area (Å²) < 4.78 is 16.7. The van der Waals surface area contributed by atoms with E-state index in [1.165, 1.54) is 6.92 Å². The van der Waals surface area contributed by atoms with Gasteiger partial charge in [-0.3, -0.25) is 4.79 Å². The third-order valence-electron chi connectivity index (χ3n) is 3.10. The fraction of sp³-hybridized carbons (Fsp3) is 0.750. The van der Waals surface area contributed by atoms with Crippen LogP contribution in [0.2, 0.25) is 0 Å². The quantitative estimate of drug-likeness (QED) is 0.505. The van der Waals surface area contributed by atoms with Gasteiger partial charge in [-0.05, 0) is 32.4 Å². The summed E-state index contributed by atoms with van der Waals surface area (Å²) in [5.74, 6) is -0.815. The zero-order chi connectivity index (χ0) is 12.0. The number of rotatable bonds is 1. The van der Waals surface area contributed by atoms with E-state index in [0.717, 1.165) is 5.57 Å². The summed E-state index contributed by atoms with van der Waals surface area (Å²) in [7, 11) is 0. The molecule has 2 atom stereocenters. The van der Waals surface area contributed by atoms with Gasteiger partial charge in [0.2, 0.25) is 0 Å². The molecule has 1 fully saturated rings. The molecule has 0 amide bonds. The number of carbonyl (C=O) groups is 1. The number of hydrogen-bond donors (Lipinski definition) is 0. The minimum atomic E-state index is -0.555. The Labute approximate surface area is 95.6 Å². The van der Waals surface area contributed by atoms with Crippen molar-refractivity contribution in [2.45, 2.75) is 51.6 Å². The van der Waals surface area contributed by atoms with E-state index in [9.17, 15) is 4.79 Å². The summed E-state index contributed by atoms with van der Waals surface area (Å²) in [6.07, 6.45) is 2.42. The lowest BCUT2D eigenvalue weighted by molar-refractivity contribution is -0.158. The maximum Gasteiger partial charge on any atom is 0.303 e. The highest BCUT2D eigenvalue weighted by Gasteiger charge is 2.51. The molecule has 1 aliphatic carbocycles. The molecule has 1 saturated heterocycles. The Morgan fingerprint density at radius 2 is 2.25 bits per heavy atom. The van der Waals surface area contributed by atoms with Gasteiger partial charge in [0.1, 0.15) is 11.7 Å². The standard InChI is InChI=1S/C12H18O4/c1-8-5-10(15-9(2)13)6-12(8)7-14-11(3,4)16-12/h5,10H,6-7H2,1-4H3/t10-,12-/m0/s1. The van der Waals surface area contributed by atoms with Crippen molar-refractivity contribution in [3.8, 4) is 0 Å². The Bertz CT molecular complexity index is 345. The van der Waals surface area contributed by atoms with Crippen molar-refractivity contribution in [1.82, 2.24) is 0 Å². The van der Waals surface area contributed by atoms with Crippen LogP contribution >= 0.6 is 0 Å². The Morgan fingerprint density at radius 1 is 1.56 bits per heavy atom. The molecule has 90 valence electrons. The highest BCUT2D eigenvalue weighted by atomic mass is 16.8. The Balaban J connectivity index is 2.10. The van der Waals surface area contributed by atoms with E-state index in [0.29, 0.717) is 13.0 Å². The van der Waals surface area contributed by atoms with Gasteiger partial charge in [0, 0.05) is 13.3 Å². The third-order valence-corrected chi connectivity index (χ3v) is 3.10. The smallest absolute Gasteiger partial charge is 0.303 e. The van der Waals surface area contributed by atoms with Crippen LogP contribution in [0.15, 0.2) is 11.6 Å². The van der Waals surface area contributed by atoms with Crippen LogP contribution in [0.5, 0.6) is 0 Å². The summed E-state index contributed by atoms with van der Waals surface area (Å²) >= 11 is 0. The number of hydrogen-bond acceptors (Lipinski definition) is 4. The van der Waals surface area contributed by atoms with Crippen LogP contribution in [0.4, 0.5) is 0 Å². The molecule has 16 heavy (non-hydrogen) atoms. The molecular formula is C12H18O4. The molecule has 1 heterocycles. The second-order valence-electron chi connectivity index (χ2n) is 4.99. The maximum atomic E-state index is 10.9. The van der Waals surface area contributed by atoms with E-state index < -0.39 is 11.4 Å². The molecule has 4 nitrogen and oxygen atoms in total. The van der Waals surface area contributed by atoms with Crippen LogP contribution in [0.25, 0.3) is 0 Å². The van der Waals surface area contributed by atoms with Gasteiger partial charge in [-0.15, -0.1) is 0 Å².